The Morgan fingerprint density at radius 2 is 1.78 bits per heavy atom. The second-order valence-corrected chi connectivity index (χ2v) is 7.24. The van der Waals surface area contributed by atoms with Gasteiger partial charge in [-0.25, -0.2) is 4.39 Å². The first kappa shape index (κ1) is 19.5. The Kier molecular flexibility index (Phi) is 6.25. The number of benzene rings is 3. The lowest BCUT2D eigenvalue weighted by atomic mass is 10.1. The average molecular weight is 404 g/mol. The molecule has 2 nitrogen and oxygen atoms in total. The number of nitrogens with one attached hydrogen (secondary N) is 1. The Balaban J connectivity index is 1.80. The summed E-state index contributed by atoms with van der Waals surface area (Å²) in [5.41, 5.74) is 5.01. The summed E-state index contributed by atoms with van der Waals surface area (Å²) in [6, 6.07) is 15.9. The van der Waals surface area contributed by atoms with Crippen molar-refractivity contribution in [3.8, 4) is 5.75 Å². The van der Waals surface area contributed by atoms with Crippen LogP contribution in [0.5, 0.6) is 5.75 Å². The van der Waals surface area contributed by atoms with Crippen LogP contribution in [-0.2, 0) is 13.2 Å². The van der Waals surface area contributed by atoms with E-state index < -0.39 is 0 Å². The van der Waals surface area contributed by atoms with Gasteiger partial charge in [-0.1, -0.05) is 47.5 Å². The normalized spacial score (nSPS) is 10.7. The molecule has 1 N–H and O–H groups in total. The molecule has 0 unspecified atom stereocenters. The van der Waals surface area contributed by atoms with E-state index in [1.165, 1.54) is 23.3 Å². The maximum atomic E-state index is 13.4. The van der Waals surface area contributed by atoms with Gasteiger partial charge in [0.1, 0.15) is 18.2 Å². The van der Waals surface area contributed by atoms with E-state index in [-0.39, 0.29) is 12.4 Å². The molecule has 0 spiro atoms. The third-order valence-corrected chi connectivity index (χ3v) is 4.93. The zero-order valence-corrected chi connectivity index (χ0v) is 16.7. The molecule has 0 bridgehead atoms. The van der Waals surface area contributed by atoms with Crippen molar-refractivity contribution in [3.63, 3.8) is 0 Å². The zero-order valence-electron chi connectivity index (χ0n) is 15.2. The van der Waals surface area contributed by atoms with E-state index in [1.807, 2.05) is 18.2 Å². The van der Waals surface area contributed by atoms with Crippen LogP contribution in [0.4, 0.5) is 10.1 Å². The summed E-state index contributed by atoms with van der Waals surface area (Å²) in [5.74, 6) is 0.248. The summed E-state index contributed by atoms with van der Waals surface area (Å²) in [7, 11) is 0. The van der Waals surface area contributed by atoms with E-state index in [2.05, 4.69) is 25.2 Å². The van der Waals surface area contributed by atoms with Crippen LogP contribution in [0.1, 0.15) is 22.3 Å². The van der Waals surface area contributed by atoms with Gasteiger partial charge in [0.15, 0.2) is 0 Å². The third kappa shape index (κ3) is 4.94. The van der Waals surface area contributed by atoms with Crippen molar-refractivity contribution in [2.45, 2.75) is 27.0 Å². The van der Waals surface area contributed by atoms with Gasteiger partial charge in [0, 0.05) is 22.8 Å². The molecule has 5 heteroatoms. The summed E-state index contributed by atoms with van der Waals surface area (Å²) in [6.07, 6.45) is 0. The number of rotatable bonds is 6. The largest absolute Gasteiger partial charge is 0.487 e. The molecule has 3 aromatic rings. The highest BCUT2D eigenvalue weighted by molar-refractivity contribution is 6.35. The van der Waals surface area contributed by atoms with Gasteiger partial charge < -0.3 is 10.1 Å². The number of hydrogen-bond donors (Lipinski definition) is 1. The Bertz CT molecular complexity index is 959. The van der Waals surface area contributed by atoms with E-state index in [4.69, 9.17) is 27.9 Å². The van der Waals surface area contributed by atoms with Crippen LogP contribution in [0.3, 0.4) is 0 Å². The molecule has 140 valence electrons. The lowest BCUT2D eigenvalue weighted by molar-refractivity contribution is 0.303. The van der Waals surface area contributed by atoms with E-state index in [0.717, 1.165) is 16.8 Å². The molecule has 3 rings (SSSR count). The predicted molar refractivity (Wildman–Crippen MR) is 110 cm³/mol. The molecule has 27 heavy (non-hydrogen) atoms. The van der Waals surface area contributed by atoms with Crippen LogP contribution in [0.2, 0.25) is 10.0 Å². The minimum Gasteiger partial charge on any atom is -0.487 e. The third-order valence-electron chi connectivity index (χ3n) is 4.43. The first-order chi connectivity index (χ1) is 12.9. The number of halogens is 3. The lowest BCUT2D eigenvalue weighted by Gasteiger charge is -2.16. The van der Waals surface area contributed by atoms with Crippen LogP contribution >= 0.6 is 23.2 Å². The lowest BCUT2D eigenvalue weighted by Crippen LogP contribution is -2.06. The smallest absolute Gasteiger partial charge is 0.143 e. The fourth-order valence-corrected chi connectivity index (χ4v) is 3.41. The molecule has 0 fully saturated rings. The Morgan fingerprint density at radius 1 is 1.00 bits per heavy atom. The highest BCUT2D eigenvalue weighted by Gasteiger charge is 2.12. The molecule has 0 aromatic heterocycles. The van der Waals surface area contributed by atoms with E-state index in [0.29, 0.717) is 22.3 Å². The Hall–Kier alpha value is -2.23. The molecule has 0 saturated heterocycles. The summed E-state index contributed by atoms with van der Waals surface area (Å²) in [5, 5.41) is 4.38. The standard InChI is InChI=1S/C22H20Cl2FNO/c1-14-5-3-8-21(15(14)2)26-12-17-10-18(23)11-20(24)22(17)27-13-16-6-4-7-19(25)9-16/h3-11,26H,12-13H2,1-2H3. The second-order valence-electron chi connectivity index (χ2n) is 6.40. The molecular weight excluding hydrogens is 384 g/mol. The summed E-state index contributed by atoms with van der Waals surface area (Å²) in [6.45, 7) is 4.87. The SMILES string of the molecule is Cc1cccc(NCc2cc(Cl)cc(Cl)c2OCc2cccc(F)c2)c1C. The summed E-state index contributed by atoms with van der Waals surface area (Å²) >= 11 is 12.5. The van der Waals surface area contributed by atoms with Crippen LogP contribution in [0.15, 0.2) is 54.6 Å². The zero-order chi connectivity index (χ0) is 19.4. The molecule has 0 amide bonds. The number of ether oxygens (including phenoxy) is 1. The molecular formula is C22H20Cl2FNO. The van der Waals surface area contributed by atoms with E-state index in [1.54, 1.807) is 18.2 Å². The van der Waals surface area contributed by atoms with Gasteiger partial charge in [0.25, 0.3) is 0 Å². The van der Waals surface area contributed by atoms with E-state index in [9.17, 15) is 4.39 Å². The average Bonchev–Trinajstić information content (AvgIpc) is 2.62. The van der Waals surface area contributed by atoms with Gasteiger partial charge in [0.05, 0.1) is 5.02 Å². The number of anilines is 1. The Labute approximate surface area is 168 Å². The van der Waals surface area contributed by atoms with Gasteiger partial charge in [0.2, 0.25) is 0 Å². The van der Waals surface area contributed by atoms with Crippen LogP contribution < -0.4 is 10.1 Å². The highest BCUT2D eigenvalue weighted by atomic mass is 35.5. The molecule has 0 heterocycles. The van der Waals surface area contributed by atoms with Crippen LogP contribution in [-0.4, -0.2) is 0 Å². The highest BCUT2D eigenvalue weighted by Crippen LogP contribution is 2.34. The van der Waals surface area contributed by atoms with Gasteiger partial charge in [-0.05, 0) is 60.9 Å². The molecule has 3 aromatic carbocycles. The van der Waals surface area contributed by atoms with Crippen molar-refractivity contribution in [3.05, 3.63) is 92.7 Å². The second kappa shape index (κ2) is 8.64. The van der Waals surface area contributed by atoms with Crippen molar-refractivity contribution in [1.29, 1.82) is 0 Å². The summed E-state index contributed by atoms with van der Waals surface area (Å²) in [4.78, 5) is 0. The first-order valence-electron chi connectivity index (χ1n) is 8.59. The molecule has 0 aliphatic heterocycles. The number of hydrogen-bond acceptors (Lipinski definition) is 2. The number of aryl methyl sites for hydroxylation is 1. The van der Waals surface area contributed by atoms with Crippen LogP contribution in [0, 0.1) is 19.7 Å². The fraction of sp³-hybridized carbons (Fsp3) is 0.182. The van der Waals surface area contributed by atoms with Gasteiger partial charge >= 0.3 is 0 Å². The van der Waals surface area contributed by atoms with Gasteiger partial charge in [-0.3, -0.25) is 0 Å². The molecule has 0 saturated carbocycles. The summed E-state index contributed by atoms with van der Waals surface area (Å²) < 4.78 is 19.3. The van der Waals surface area contributed by atoms with Crippen molar-refractivity contribution >= 4 is 28.9 Å². The van der Waals surface area contributed by atoms with E-state index >= 15 is 0 Å². The van der Waals surface area contributed by atoms with Crippen molar-refractivity contribution in [1.82, 2.24) is 0 Å². The maximum absolute atomic E-state index is 13.4. The maximum Gasteiger partial charge on any atom is 0.143 e. The molecule has 0 aliphatic carbocycles. The van der Waals surface area contributed by atoms with Crippen molar-refractivity contribution in [2.24, 2.45) is 0 Å². The van der Waals surface area contributed by atoms with Crippen molar-refractivity contribution < 1.29 is 9.13 Å². The van der Waals surface area contributed by atoms with Crippen molar-refractivity contribution in [2.75, 3.05) is 5.32 Å². The van der Waals surface area contributed by atoms with Gasteiger partial charge in [-0.2, -0.15) is 0 Å². The first-order valence-corrected chi connectivity index (χ1v) is 9.35. The minimum absolute atomic E-state index is 0.218. The quantitative estimate of drug-likeness (QED) is 0.481. The fourth-order valence-electron chi connectivity index (χ4n) is 2.82. The predicted octanol–water partition coefficient (Wildman–Crippen LogP) is 6.94. The molecule has 0 atom stereocenters. The molecule has 0 radical (unpaired) electrons. The topological polar surface area (TPSA) is 21.3 Å². The van der Waals surface area contributed by atoms with Gasteiger partial charge in [-0.15, -0.1) is 0 Å². The minimum atomic E-state index is -0.296. The Morgan fingerprint density at radius 3 is 2.56 bits per heavy atom. The molecule has 0 aliphatic rings. The van der Waals surface area contributed by atoms with Crippen LogP contribution in [0.25, 0.3) is 0 Å². The monoisotopic (exact) mass is 403 g/mol.